The monoisotopic (exact) mass is 298 g/mol. The fourth-order valence-electron chi connectivity index (χ4n) is 2.47. The molecule has 1 aliphatic rings. The van der Waals surface area contributed by atoms with Crippen molar-refractivity contribution in [2.45, 2.75) is 25.3 Å². The Morgan fingerprint density at radius 1 is 1.53 bits per heavy atom. The lowest BCUT2D eigenvalue weighted by molar-refractivity contribution is 0.177. The first-order chi connectivity index (χ1) is 8.04. The molecule has 1 aromatic carbocycles. The van der Waals surface area contributed by atoms with E-state index in [1.165, 1.54) is 11.3 Å². The molecule has 0 aromatic heterocycles. The molecule has 94 valence electrons. The zero-order valence-electron chi connectivity index (χ0n) is 10.1. The Labute approximate surface area is 111 Å². The van der Waals surface area contributed by atoms with Crippen LogP contribution in [-0.4, -0.2) is 30.3 Å². The molecule has 17 heavy (non-hydrogen) atoms. The predicted molar refractivity (Wildman–Crippen MR) is 74.3 cm³/mol. The van der Waals surface area contributed by atoms with E-state index in [2.05, 4.69) is 39.9 Å². The van der Waals surface area contributed by atoms with Gasteiger partial charge in [-0.05, 0) is 43.5 Å². The van der Waals surface area contributed by atoms with Crippen molar-refractivity contribution in [3.8, 4) is 0 Å². The molecule has 0 radical (unpaired) electrons. The summed E-state index contributed by atoms with van der Waals surface area (Å²) in [4.78, 5) is 2.28. The normalized spacial score (nSPS) is 25.1. The van der Waals surface area contributed by atoms with Gasteiger partial charge in [0, 0.05) is 23.2 Å². The van der Waals surface area contributed by atoms with Crippen molar-refractivity contribution in [2.75, 3.05) is 24.6 Å². The van der Waals surface area contributed by atoms with Crippen LogP contribution in [0.2, 0.25) is 0 Å². The predicted octanol–water partition coefficient (Wildman–Crippen LogP) is 2.05. The third-order valence-electron chi connectivity index (χ3n) is 3.42. The van der Waals surface area contributed by atoms with Gasteiger partial charge in [-0.15, -0.1) is 0 Å². The molecule has 1 unspecified atom stereocenters. The maximum atomic E-state index is 9.37. The summed E-state index contributed by atoms with van der Waals surface area (Å²) in [6.45, 7) is 3.90. The molecule has 1 fully saturated rings. The van der Waals surface area contributed by atoms with Crippen LogP contribution in [0.3, 0.4) is 0 Å². The van der Waals surface area contributed by atoms with Crippen molar-refractivity contribution in [3.05, 3.63) is 28.2 Å². The Bertz CT molecular complexity index is 410. The molecule has 0 spiro atoms. The van der Waals surface area contributed by atoms with E-state index >= 15 is 0 Å². The van der Waals surface area contributed by atoms with Gasteiger partial charge >= 0.3 is 0 Å². The summed E-state index contributed by atoms with van der Waals surface area (Å²) in [6, 6.07) is 6.28. The van der Waals surface area contributed by atoms with Crippen LogP contribution in [0.4, 0.5) is 5.69 Å². The lowest BCUT2D eigenvalue weighted by Gasteiger charge is -2.41. The first-order valence-electron chi connectivity index (χ1n) is 5.95. The summed E-state index contributed by atoms with van der Waals surface area (Å²) in [5, 5.41) is 9.37. The maximum Gasteiger partial charge on any atom is 0.0628 e. The number of piperidine rings is 1. The largest absolute Gasteiger partial charge is 0.394 e. The molecular weight excluding hydrogens is 280 g/mol. The van der Waals surface area contributed by atoms with Gasteiger partial charge in [0.05, 0.1) is 12.1 Å². The van der Waals surface area contributed by atoms with Gasteiger partial charge in [-0.1, -0.05) is 15.9 Å². The Kier molecular flexibility index (Phi) is 3.76. The molecule has 1 heterocycles. The van der Waals surface area contributed by atoms with Gasteiger partial charge < -0.3 is 15.7 Å². The highest BCUT2D eigenvalue weighted by molar-refractivity contribution is 9.10. The van der Waals surface area contributed by atoms with E-state index in [0.717, 1.165) is 30.4 Å². The van der Waals surface area contributed by atoms with E-state index < -0.39 is 5.54 Å². The Hall–Kier alpha value is -0.580. The smallest absolute Gasteiger partial charge is 0.0628 e. The van der Waals surface area contributed by atoms with Crippen molar-refractivity contribution in [2.24, 2.45) is 5.73 Å². The molecular formula is C13H19BrN2O. The molecule has 0 amide bonds. The van der Waals surface area contributed by atoms with Gasteiger partial charge in [0.15, 0.2) is 0 Å². The number of hydrogen-bond donors (Lipinski definition) is 2. The molecule has 0 aliphatic carbocycles. The summed E-state index contributed by atoms with van der Waals surface area (Å²) < 4.78 is 1.09. The van der Waals surface area contributed by atoms with Gasteiger partial charge in [0.1, 0.15) is 0 Å². The third kappa shape index (κ3) is 2.81. The highest BCUT2D eigenvalue weighted by Gasteiger charge is 2.31. The lowest BCUT2D eigenvalue weighted by Crippen LogP contribution is -2.56. The minimum absolute atomic E-state index is 0.0546. The van der Waals surface area contributed by atoms with Crippen LogP contribution < -0.4 is 10.6 Å². The topological polar surface area (TPSA) is 49.5 Å². The minimum atomic E-state index is -0.447. The van der Waals surface area contributed by atoms with Gasteiger partial charge in [0.25, 0.3) is 0 Å². The van der Waals surface area contributed by atoms with Crippen LogP contribution in [0.5, 0.6) is 0 Å². The van der Waals surface area contributed by atoms with E-state index in [4.69, 9.17) is 5.73 Å². The van der Waals surface area contributed by atoms with Crippen LogP contribution in [-0.2, 0) is 0 Å². The Morgan fingerprint density at radius 3 is 2.94 bits per heavy atom. The summed E-state index contributed by atoms with van der Waals surface area (Å²) in [5.74, 6) is 0. The quantitative estimate of drug-likeness (QED) is 0.878. The maximum absolute atomic E-state index is 9.37. The molecule has 2 rings (SSSR count). The van der Waals surface area contributed by atoms with Gasteiger partial charge in [0.2, 0.25) is 0 Å². The third-order valence-corrected chi connectivity index (χ3v) is 3.92. The second kappa shape index (κ2) is 4.96. The molecule has 0 saturated carbocycles. The highest BCUT2D eigenvalue weighted by Crippen LogP contribution is 2.28. The SMILES string of the molecule is Cc1cc(Br)ccc1N1CCCC(N)(CO)C1. The average molecular weight is 299 g/mol. The summed E-state index contributed by atoms with van der Waals surface area (Å²) in [7, 11) is 0. The number of aliphatic hydroxyl groups excluding tert-OH is 1. The molecule has 1 aromatic rings. The van der Waals surface area contributed by atoms with Gasteiger partial charge in [-0.3, -0.25) is 0 Å². The first kappa shape index (κ1) is 12.9. The van der Waals surface area contributed by atoms with Gasteiger partial charge in [-0.25, -0.2) is 0 Å². The van der Waals surface area contributed by atoms with Crippen molar-refractivity contribution >= 4 is 21.6 Å². The lowest BCUT2D eigenvalue weighted by atomic mass is 9.90. The van der Waals surface area contributed by atoms with E-state index in [9.17, 15) is 5.11 Å². The summed E-state index contributed by atoms with van der Waals surface area (Å²) in [5.41, 5.74) is 8.17. The number of aryl methyl sites for hydroxylation is 1. The minimum Gasteiger partial charge on any atom is -0.394 e. The Morgan fingerprint density at radius 2 is 2.29 bits per heavy atom. The number of anilines is 1. The number of nitrogens with two attached hydrogens (primary N) is 1. The van der Waals surface area contributed by atoms with E-state index in [1.54, 1.807) is 0 Å². The molecule has 0 bridgehead atoms. The van der Waals surface area contributed by atoms with Crippen molar-refractivity contribution in [1.82, 2.24) is 0 Å². The van der Waals surface area contributed by atoms with E-state index in [1.807, 2.05) is 6.07 Å². The zero-order valence-corrected chi connectivity index (χ0v) is 11.7. The first-order valence-corrected chi connectivity index (χ1v) is 6.74. The fourth-order valence-corrected chi connectivity index (χ4v) is 2.94. The second-order valence-electron chi connectivity index (χ2n) is 4.98. The van der Waals surface area contributed by atoms with Crippen LogP contribution >= 0.6 is 15.9 Å². The van der Waals surface area contributed by atoms with Crippen LogP contribution in [0.1, 0.15) is 18.4 Å². The molecule has 1 atom stereocenters. The van der Waals surface area contributed by atoms with Crippen LogP contribution in [0.15, 0.2) is 22.7 Å². The number of rotatable bonds is 2. The van der Waals surface area contributed by atoms with Crippen molar-refractivity contribution in [3.63, 3.8) is 0 Å². The zero-order chi connectivity index (χ0) is 12.5. The van der Waals surface area contributed by atoms with Gasteiger partial charge in [-0.2, -0.15) is 0 Å². The Balaban J connectivity index is 2.22. The van der Waals surface area contributed by atoms with E-state index in [0.29, 0.717) is 0 Å². The molecule has 1 aliphatic heterocycles. The van der Waals surface area contributed by atoms with Crippen LogP contribution in [0, 0.1) is 6.92 Å². The second-order valence-corrected chi connectivity index (χ2v) is 5.89. The number of hydrogen-bond acceptors (Lipinski definition) is 3. The van der Waals surface area contributed by atoms with E-state index in [-0.39, 0.29) is 6.61 Å². The average Bonchev–Trinajstić information content (AvgIpc) is 2.29. The number of nitrogens with zero attached hydrogens (tertiary/aromatic N) is 1. The van der Waals surface area contributed by atoms with Crippen molar-refractivity contribution < 1.29 is 5.11 Å². The van der Waals surface area contributed by atoms with Crippen LogP contribution in [0.25, 0.3) is 0 Å². The number of halogens is 1. The fraction of sp³-hybridized carbons (Fsp3) is 0.538. The molecule has 3 nitrogen and oxygen atoms in total. The molecule has 4 heteroatoms. The molecule has 3 N–H and O–H groups in total. The number of aliphatic hydroxyl groups is 1. The van der Waals surface area contributed by atoms with Crippen molar-refractivity contribution in [1.29, 1.82) is 0 Å². The molecule has 1 saturated heterocycles. The standard InChI is InChI=1S/C13H19BrN2O/c1-10-7-11(14)3-4-12(10)16-6-2-5-13(15,8-16)9-17/h3-4,7,17H,2,5-6,8-9,15H2,1H3. The summed E-state index contributed by atoms with van der Waals surface area (Å²) in [6.07, 6.45) is 1.93. The summed E-state index contributed by atoms with van der Waals surface area (Å²) >= 11 is 3.47. The number of benzene rings is 1. The highest BCUT2D eigenvalue weighted by atomic mass is 79.9.